The first-order valence-electron chi connectivity index (χ1n) is 15.6. The van der Waals surface area contributed by atoms with E-state index in [1.807, 2.05) is 97.1 Å². The summed E-state index contributed by atoms with van der Waals surface area (Å²) in [4.78, 5) is 12.9. The number of carbonyl (C=O) groups excluding carboxylic acids is 1. The first kappa shape index (κ1) is 32.6. The molecule has 6 heteroatoms. The Balaban J connectivity index is 1.41. The third-order valence-corrected chi connectivity index (χ3v) is 7.55. The van der Waals surface area contributed by atoms with E-state index in [1.54, 1.807) is 0 Å². The van der Waals surface area contributed by atoms with Gasteiger partial charge in [-0.15, -0.1) is 6.58 Å². The van der Waals surface area contributed by atoms with Crippen LogP contribution in [0.2, 0.25) is 0 Å². The molecule has 1 heterocycles. The van der Waals surface area contributed by atoms with Crippen LogP contribution in [-0.4, -0.2) is 37.2 Å². The first-order valence-corrected chi connectivity index (χ1v) is 15.6. The highest BCUT2D eigenvalue weighted by Gasteiger charge is 2.45. The van der Waals surface area contributed by atoms with Crippen LogP contribution in [0.5, 0.6) is 0 Å². The van der Waals surface area contributed by atoms with Crippen molar-refractivity contribution in [3.63, 3.8) is 0 Å². The highest BCUT2D eigenvalue weighted by atomic mass is 16.7. The topological polar surface area (TPSA) is 63.2 Å². The summed E-state index contributed by atoms with van der Waals surface area (Å²) in [5.41, 5.74) is 3.10. The van der Waals surface area contributed by atoms with Gasteiger partial charge in [-0.2, -0.15) is 0 Å². The summed E-state index contributed by atoms with van der Waals surface area (Å²) in [7, 11) is 0. The number of rotatable bonds is 19. The van der Waals surface area contributed by atoms with Crippen molar-refractivity contribution in [2.24, 2.45) is 0 Å². The molecule has 230 valence electrons. The van der Waals surface area contributed by atoms with Crippen LogP contribution >= 0.6 is 0 Å². The third kappa shape index (κ3) is 11.7. The van der Waals surface area contributed by atoms with E-state index in [2.05, 4.69) is 6.58 Å². The van der Waals surface area contributed by atoms with Gasteiger partial charge in [0.2, 0.25) is 6.29 Å². The monoisotopic (exact) mass is 586 g/mol. The normalized spacial score (nSPS) is 20.0. The quantitative estimate of drug-likeness (QED) is 0.0807. The molecule has 0 radical (unpaired) electrons. The average Bonchev–Trinajstić information content (AvgIpc) is 3.05. The lowest BCUT2D eigenvalue weighted by molar-refractivity contribution is -0.292. The summed E-state index contributed by atoms with van der Waals surface area (Å²) in [5.74, 6) is -0.282. The second kappa shape index (κ2) is 19.1. The number of hydrogen-bond acceptors (Lipinski definition) is 6. The second-order valence-electron chi connectivity index (χ2n) is 11.0. The number of allylic oxidation sites excluding steroid dienone is 1. The lowest BCUT2D eigenvalue weighted by Crippen LogP contribution is -2.57. The zero-order chi connectivity index (χ0) is 30.0. The third-order valence-electron chi connectivity index (χ3n) is 7.55. The van der Waals surface area contributed by atoms with Crippen molar-refractivity contribution in [3.8, 4) is 0 Å². The predicted molar refractivity (Wildman–Crippen MR) is 168 cm³/mol. The van der Waals surface area contributed by atoms with Crippen LogP contribution in [0.3, 0.4) is 0 Å². The Bertz CT molecular complexity index is 1170. The highest BCUT2D eigenvalue weighted by molar-refractivity contribution is 5.69. The van der Waals surface area contributed by atoms with Crippen molar-refractivity contribution in [2.75, 3.05) is 6.61 Å². The number of hydrogen-bond donors (Lipinski definition) is 0. The van der Waals surface area contributed by atoms with Gasteiger partial charge in [0.05, 0.1) is 26.4 Å². The number of unbranched alkanes of at least 4 members (excludes halogenated alkanes) is 6. The van der Waals surface area contributed by atoms with Crippen molar-refractivity contribution in [1.82, 2.24) is 0 Å². The smallest absolute Gasteiger partial charge is 0.308 e. The largest absolute Gasteiger partial charge is 0.433 e. The maximum absolute atomic E-state index is 12.9. The van der Waals surface area contributed by atoms with Crippen molar-refractivity contribution >= 4 is 5.97 Å². The van der Waals surface area contributed by atoms with Gasteiger partial charge in [-0.1, -0.05) is 123 Å². The molecule has 43 heavy (non-hydrogen) atoms. The Kier molecular flexibility index (Phi) is 14.5. The molecule has 1 unspecified atom stereocenters. The predicted octanol–water partition coefficient (Wildman–Crippen LogP) is 7.95. The number of esters is 1. The number of benzene rings is 3. The molecule has 0 N–H and O–H groups in total. The van der Waals surface area contributed by atoms with E-state index < -0.39 is 24.6 Å². The summed E-state index contributed by atoms with van der Waals surface area (Å²) in [6, 6.07) is 29.9. The Hall–Kier alpha value is -3.29. The van der Waals surface area contributed by atoms with E-state index in [-0.39, 0.29) is 12.6 Å². The summed E-state index contributed by atoms with van der Waals surface area (Å²) in [6.07, 6.45) is 7.34. The van der Waals surface area contributed by atoms with E-state index in [0.29, 0.717) is 26.2 Å². The molecule has 3 aromatic carbocycles. The lowest BCUT2D eigenvalue weighted by Gasteiger charge is -2.41. The Morgan fingerprint density at radius 1 is 0.674 bits per heavy atom. The number of ether oxygens (including phenoxy) is 5. The van der Waals surface area contributed by atoms with Gasteiger partial charge in [0, 0.05) is 6.42 Å². The summed E-state index contributed by atoms with van der Waals surface area (Å²) in [5, 5.41) is 0. The van der Waals surface area contributed by atoms with Gasteiger partial charge in [0.1, 0.15) is 18.3 Å². The number of carbonyl (C=O) groups is 1. The summed E-state index contributed by atoms with van der Waals surface area (Å²) in [6.45, 7) is 5.10. The Morgan fingerprint density at radius 3 is 1.72 bits per heavy atom. The van der Waals surface area contributed by atoms with Crippen molar-refractivity contribution in [2.45, 2.75) is 95.8 Å². The fourth-order valence-electron chi connectivity index (χ4n) is 5.13. The molecule has 1 saturated heterocycles. The molecular weight excluding hydrogens is 540 g/mol. The first-order chi connectivity index (χ1) is 21.2. The molecule has 0 aliphatic carbocycles. The molecule has 0 amide bonds. The zero-order valence-electron chi connectivity index (χ0n) is 25.2. The highest BCUT2D eigenvalue weighted by Crippen LogP contribution is 2.28. The standard InChI is InChI=1S/C37H46O6/c1-2-3-4-5-6-7-8-18-25-34(38)43-37-36(41-28-32-23-16-11-17-24-32)35(40-27-31-21-14-10-15-22-31)33(29-42-37)39-26-30-19-12-9-13-20-30/h2,9-17,19-24,33,35-37H,1,3-8,18,25-29H2/t33-,35+,36-,37?/m1/s1. The SMILES string of the molecule is C=CCCCCCCCCC(=O)OC1OC[C@@H](OCc2ccccc2)[C@H](OCc2ccccc2)[C@H]1OCc1ccccc1. The van der Waals surface area contributed by atoms with Gasteiger partial charge in [-0.3, -0.25) is 4.79 Å². The van der Waals surface area contributed by atoms with Crippen molar-refractivity contribution < 1.29 is 28.5 Å². The van der Waals surface area contributed by atoms with Gasteiger partial charge >= 0.3 is 5.97 Å². The molecule has 3 aromatic rings. The molecular formula is C37H46O6. The maximum Gasteiger partial charge on any atom is 0.308 e. The summed E-state index contributed by atoms with van der Waals surface area (Å²) < 4.78 is 31.4. The van der Waals surface area contributed by atoms with Crippen LogP contribution in [0.1, 0.15) is 68.1 Å². The molecule has 1 fully saturated rings. The molecule has 0 bridgehead atoms. The molecule has 1 aliphatic rings. The van der Waals surface area contributed by atoms with Crippen LogP contribution in [0.25, 0.3) is 0 Å². The minimum absolute atomic E-state index is 0.222. The molecule has 0 aromatic heterocycles. The lowest BCUT2D eigenvalue weighted by atomic mass is 10.0. The van der Waals surface area contributed by atoms with Crippen LogP contribution in [-0.2, 0) is 48.3 Å². The van der Waals surface area contributed by atoms with E-state index in [9.17, 15) is 4.79 Å². The maximum atomic E-state index is 12.9. The molecule has 0 saturated carbocycles. The van der Waals surface area contributed by atoms with Crippen LogP contribution in [0.15, 0.2) is 104 Å². The minimum Gasteiger partial charge on any atom is -0.433 e. The Morgan fingerprint density at radius 2 is 1.16 bits per heavy atom. The fraction of sp³-hybridized carbons (Fsp3) is 0.432. The molecule has 4 atom stereocenters. The molecule has 1 aliphatic heterocycles. The average molecular weight is 587 g/mol. The Labute approximate surface area is 257 Å². The van der Waals surface area contributed by atoms with E-state index in [1.165, 1.54) is 19.3 Å². The molecule has 4 rings (SSSR count). The van der Waals surface area contributed by atoms with Gasteiger partial charge in [-0.05, 0) is 36.0 Å². The van der Waals surface area contributed by atoms with Crippen LogP contribution in [0.4, 0.5) is 0 Å². The van der Waals surface area contributed by atoms with Gasteiger partial charge in [0.15, 0.2) is 0 Å². The van der Waals surface area contributed by atoms with E-state index in [0.717, 1.165) is 42.4 Å². The molecule has 6 nitrogen and oxygen atoms in total. The van der Waals surface area contributed by atoms with Crippen molar-refractivity contribution in [1.29, 1.82) is 0 Å². The second-order valence-corrected chi connectivity index (χ2v) is 11.0. The van der Waals surface area contributed by atoms with E-state index >= 15 is 0 Å². The molecule has 0 spiro atoms. The fourth-order valence-corrected chi connectivity index (χ4v) is 5.13. The minimum atomic E-state index is -0.896. The van der Waals surface area contributed by atoms with Crippen molar-refractivity contribution in [3.05, 3.63) is 120 Å². The van der Waals surface area contributed by atoms with Crippen LogP contribution in [0, 0.1) is 0 Å². The van der Waals surface area contributed by atoms with Gasteiger partial charge in [-0.25, -0.2) is 0 Å². The zero-order valence-corrected chi connectivity index (χ0v) is 25.2. The van der Waals surface area contributed by atoms with Gasteiger partial charge < -0.3 is 23.7 Å². The summed E-state index contributed by atoms with van der Waals surface area (Å²) >= 11 is 0. The van der Waals surface area contributed by atoms with E-state index in [4.69, 9.17) is 23.7 Å². The van der Waals surface area contributed by atoms with Crippen LogP contribution < -0.4 is 0 Å². The van der Waals surface area contributed by atoms with Gasteiger partial charge in [0.25, 0.3) is 0 Å².